The van der Waals surface area contributed by atoms with E-state index in [0.717, 1.165) is 18.5 Å². The normalized spacial score (nSPS) is 17.2. The van der Waals surface area contributed by atoms with Gasteiger partial charge in [-0.3, -0.25) is 14.8 Å². The van der Waals surface area contributed by atoms with Gasteiger partial charge >= 0.3 is 5.69 Å². The summed E-state index contributed by atoms with van der Waals surface area (Å²) in [7, 11) is -2.01. The highest BCUT2D eigenvalue weighted by molar-refractivity contribution is 7.93. The Morgan fingerprint density at radius 3 is 2.37 bits per heavy atom. The number of sulfonamides is 1. The monoisotopic (exact) mass is 561 g/mol. The van der Waals surface area contributed by atoms with Crippen LogP contribution in [0.15, 0.2) is 53.4 Å². The molecule has 0 aliphatic carbocycles. The van der Waals surface area contributed by atoms with Gasteiger partial charge in [-0.1, -0.05) is 41.4 Å². The van der Waals surface area contributed by atoms with Crippen molar-refractivity contribution in [2.45, 2.75) is 30.8 Å². The van der Waals surface area contributed by atoms with Crippen molar-refractivity contribution in [1.29, 1.82) is 0 Å². The van der Waals surface area contributed by atoms with Crippen molar-refractivity contribution in [3.05, 3.63) is 69.2 Å². The molecule has 0 radical (unpaired) electrons. The minimum atomic E-state index is -4.55. The molecule has 3 aromatic carbocycles. The van der Waals surface area contributed by atoms with E-state index in [1.54, 1.807) is 24.3 Å². The first-order chi connectivity index (χ1) is 18.0. The largest absolute Gasteiger partial charge is 0.493 e. The highest BCUT2D eigenvalue weighted by Crippen LogP contribution is 2.47. The number of methoxy groups -OCH3 is 2. The Morgan fingerprint density at radius 1 is 1.08 bits per heavy atom. The molecule has 4 rings (SSSR count). The number of nitrogens with zero attached hydrogens (tertiary/aromatic N) is 1. The van der Waals surface area contributed by atoms with Crippen molar-refractivity contribution in [3.63, 3.8) is 0 Å². The van der Waals surface area contributed by atoms with E-state index in [1.807, 2.05) is 13.8 Å². The third-order valence-corrected chi connectivity index (χ3v) is 8.05. The van der Waals surface area contributed by atoms with Gasteiger partial charge in [-0.05, 0) is 44.2 Å². The molecule has 2 N–H and O–H groups in total. The van der Waals surface area contributed by atoms with Crippen molar-refractivity contribution < 1.29 is 27.6 Å². The summed E-state index contributed by atoms with van der Waals surface area (Å²) in [5, 5.41) is 15.8. The minimum absolute atomic E-state index is 0.0225. The number of nitro benzene ring substituents is 1. The van der Waals surface area contributed by atoms with Crippen LogP contribution in [0.2, 0.25) is 5.02 Å². The number of anilines is 1. The van der Waals surface area contributed by atoms with Crippen molar-refractivity contribution in [3.8, 4) is 28.4 Å². The standard InChI is InChI=1S/C26H28ClN3O7S/c1-16-5-7-17(8-6-16)19-14-22(35-3)24(36-4)23(30(31)32)25(19)38(33,34)29-18-9-10-20(27)21(13-18)37-26(2)11-12-28-15-26/h5-10,13-14,28-29H,11-12,15H2,1-4H3/t26-/m1/s1. The van der Waals surface area contributed by atoms with E-state index in [1.165, 1.54) is 38.5 Å². The second-order valence-electron chi connectivity index (χ2n) is 9.19. The van der Waals surface area contributed by atoms with E-state index >= 15 is 0 Å². The number of rotatable bonds is 9. The number of nitro groups is 1. The Balaban J connectivity index is 1.87. The smallest absolute Gasteiger partial charge is 0.335 e. The number of hydrogen-bond donors (Lipinski definition) is 2. The molecular weight excluding hydrogens is 534 g/mol. The molecule has 1 atom stereocenters. The Bertz CT molecular complexity index is 1470. The molecule has 1 aliphatic rings. The summed E-state index contributed by atoms with van der Waals surface area (Å²) in [5.41, 5.74) is 0.328. The van der Waals surface area contributed by atoms with Gasteiger partial charge in [-0.2, -0.15) is 0 Å². The van der Waals surface area contributed by atoms with Gasteiger partial charge in [0.2, 0.25) is 5.75 Å². The van der Waals surface area contributed by atoms with Crippen LogP contribution in [0.1, 0.15) is 18.9 Å². The molecule has 1 fully saturated rings. The quantitative estimate of drug-likeness (QED) is 0.270. The third kappa shape index (κ3) is 5.50. The zero-order chi connectivity index (χ0) is 27.7. The lowest BCUT2D eigenvalue weighted by Gasteiger charge is -2.26. The molecule has 1 heterocycles. The maximum Gasteiger partial charge on any atom is 0.335 e. The van der Waals surface area contributed by atoms with Gasteiger partial charge in [-0.15, -0.1) is 0 Å². The Hall–Kier alpha value is -3.54. The van der Waals surface area contributed by atoms with Crippen LogP contribution >= 0.6 is 11.6 Å². The fourth-order valence-electron chi connectivity index (χ4n) is 4.34. The van der Waals surface area contributed by atoms with Gasteiger partial charge in [0.05, 0.1) is 29.9 Å². The predicted octanol–water partition coefficient (Wildman–Crippen LogP) is 5.17. The number of halogens is 1. The maximum absolute atomic E-state index is 13.9. The summed E-state index contributed by atoms with van der Waals surface area (Å²) >= 11 is 6.34. The molecule has 0 spiro atoms. The topological polar surface area (TPSA) is 129 Å². The highest BCUT2D eigenvalue weighted by Gasteiger charge is 2.37. The van der Waals surface area contributed by atoms with E-state index in [0.29, 0.717) is 22.9 Å². The third-order valence-electron chi connectivity index (χ3n) is 6.28. The van der Waals surface area contributed by atoms with Crippen LogP contribution in [-0.2, 0) is 10.0 Å². The molecular formula is C26H28ClN3O7S. The van der Waals surface area contributed by atoms with Crippen molar-refractivity contribution >= 4 is 33.0 Å². The molecule has 10 nitrogen and oxygen atoms in total. The number of aryl methyl sites for hydroxylation is 1. The molecule has 1 saturated heterocycles. The van der Waals surface area contributed by atoms with Crippen LogP contribution in [0.5, 0.6) is 17.2 Å². The summed E-state index contributed by atoms with van der Waals surface area (Å²) in [4.78, 5) is 10.9. The van der Waals surface area contributed by atoms with Crippen LogP contribution in [0, 0.1) is 17.0 Å². The van der Waals surface area contributed by atoms with Crippen LogP contribution in [0.3, 0.4) is 0 Å². The summed E-state index contributed by atoms with van der Waals surface area (Å²) in [5.74, 6) is 0.00322. The summed E-state index contributed by atoms with van der Waals surface area (Å²) in [6.07, 6.45) is 0.747. The number of benzene rings is 3. The van der Waals surface area contributed by atoms with E-state index in [9.17, 15) is 18.5 Å². The predicted molar refractivity (Wildman–Crippen MR) is 145 cm³/mol. The van der Waals surface area contributed by atoms with E-state index in [4.69, 9.17) is 25.8 Å². The molecule has 38 heavy (non-hydrogen) atoms. The first-order valence-corrected chi connectivity index (χ1v) is 13.6. The number of nitrogens with one attached hydrogen (secondary N) is 2. The SMILES string of the molecule is COc1cc(-c2ccc(C)cc2)c(S(=O)(=O)Nc2ccc(Cl)c(O[C@]3(C)CCNC3)c2)c([N+](=O)[O-])c1OC. The highest BCUT2D eigenvalue weighted by atomic mass is 35.5. The first kappa shape index (κ1) is 27.5. The van der Waals surface area contributed by atoms with Gasteiger partial charge in [0.25, 0.3) is 10.0 Å². The molecule has 0 aromatic heterocycles. The Kier molecular flexibility index (Phi) is 7.73. The second kappa shape index (κ2) is 10.7. The second-order valence-corrected chi connectivity index (χ2v) is 11.2. The average molecular weight is 562 g/mol. The van der Waals surface area contributed by atoms with Crippen molar-refractivity contribution in [2.24, 2.45) is 0 Å². The van der Waals surface area contributed by atoms with Gasteiger partial charge in [-0.25, -0.2) is 8.42 Å². The molecule has 0 bridgehead atoms. The Labute approximate surface area is 226 Å². The van der Waals surface area contributed by atoms with Crippen LogP contribution in [-0.4, -0.2) is 46.3 Å². The average Bonchev–Trinajstić information content (AvgIpc) is 3.30. The Morgan fingerprint density at radius 2 is 1.79 bits per heavy atom. The lowest BCUT2D eigenvalue weighted by Crippen LogP contribution is -2.34. The zero-order valence-electron chi connectivity index (χ0n) is 21.3. The van der Waals surface area contributed by atoms with Crippen LogP contribution in [0.4, 0.5) is 11.4 Å². The molecule has 12 heteroatoms. The molecule has 202 valence electrons. The van der Waals surface area contributed by atoms with Gasteiger partial charge in [0.15, 0.2) is 10.6 Å². The van der Waals surface area contributed by atoms with Crippen LogP contribution in [0.25, 0.3) is 11.1 Å². The van der Waals surface area contributed by atoms with Crippen molar-refractivity contribution in [2.75, 3.05) is 32.0 Å². The number of hydrogen-bond acceptors (Lipinski definition) is 8. The van der Waals surface area contributed by atoms with E-state index < -0.39 is 31.1 Å². The van der Waals surface area contributed by atoms with E-state index in [2.05, 4.69) is 10.0 Å². The van der Waals surface area contributed by atoms with Crippen molar-refractivity contribution in [1.82, 2.24) is 5.32 Å². The minimum Gasteiger partial charge on any atom is -0.493 e. The summed E-state index contributed by atoms with van der Waals surface area (Å²) in [6.45, 7) is 5.20. The van der Waals surface area contributed by atoms with E-state index in [-0.39, 0.29) is 22.7 Å². The first-order valence-electron chi connectivity index (χ1n) is 11.7. The fraction of sp³-hybridized carbons (Fsp3) is 0.308. The lowest BCUT2D eigenvalue weighted by molar-refractivity contribution is -0.388. The summed E-state index contributed by atoms with van der Waals surface area (Å²) in [6, 6.07) is 12.8. The lowest BCUT2D eigenvalue weighted by atomic mass is 10.0. The van der Waals surface area contributed by atoms with Gasteiger partial charge in [0, 0.05) is 24.6 Å². The molecule has 3 aromatic rings. The molecule has 0 saturated carbocycles. The van der Waals surface area contributed by atoms with Gasteiger partial charge in [0.1, 0.15) is 11.4 Å². The maximum atomic E-state index is 13.9. The molecule has 1 aliphatic heterocycles. The zero-order valence-corrected chi connectivity index (χ0v) is 22.9. The van der Waals surface area contributed by atoms with Gasteiger partial charge < -0.3 is 19.5 Å². The molecule has 0 amide bonds. The fourth-order valence-corrected chi connectivity index (χ4v) is 5.93. The summed E-state index contributed by atoms with van der Waals surface area (Å²) < 4.78 is 46.9. The molecule has 0 unspecified atom stereocenters. The number of ether oxygens (including phenoxy) is 3. The van der Waals surface area contributed by atoms with Crippen LogP contribution < -0.4 is 24.2 Å².